The maximum absolute atomic E-state index is 3.74. The van der Waals surface area contributed by atoms with Gasteiger partial charge in [-0.25, -0.2) is 0 Å². The number of rotatable bonds is 21. The van der Waals surface area contributed by atoms with Crippen molar-refractivity contribution in [2.75, 3.05) is 55.2 Å². The lowest BCUT2D eigenvalue weighted by molar-refractivity contribution is 0.644. The lowest BCUT2D eigenvalue weighted by atomic mass is 10.0. The Morgan fingerprint density at radius 3 is 0.855 bits per heavy atom. The zero-order valence-corrected chi connectivity index (χ0v) is 43.8. The highest BCUT2D eigenvalue weighted by atomic mass is 35.5. The first-order valence-electron chi connectivity index (χ1n) is 23.3. The summed E-state index contributed by atoms with van der Waals surface area (Å²) in [6.07, 6.45) is 6.30. The number of hydrogen-bond donors (Lipinski definition) is 6. The molecule has 0 heterocycles. The maximum atomic E-state index is 3.74. The van der Waals surface area contributed by atoms with Crippen molar-refractivity contribution in [1.82, 2.24) is 16.0 Å². The van der Waals surface area contributed by atoms with E-state index in [2.05, 4.69) is 177 Å². The molecule has 0 radical (unpaired) electrons. The van der Waals surface area contributed by atoms with E-state index in [1.165, 1.54) is 101 Å². The minimum Gasteiger partial charge on any atom is -0.385 e. The van der Waals surface area contributed by atoms with Crippen LogP contribution in [0.1, 0.15) is 69.3 Å². The summed E-state index contributed by atoms with van der Waals surface area (Å²) < 4.78 is 0. The van der Waals surface area contributed by atoms with Crippen LogP contribution in [0, 0.1) is 0 Å². The number of fused-ring (bicyclic) bond motifs is 9. The SMILES string of the molecule is Cl.Cl.Cl.Cl.Cl.Cl.c1ccc2c(c1)Cc1ccc(NCCCNCc3cc(CNCCCNc4ccc5c(c4)-c4ccccc4C5)cc(CNCCCNc4ccc5c(c4)-c4ccccc4C5)c3)cc1-2. The Hall–Kier alpha value is -4.44. The van der Waals surface area contributed by atoms with E-state index in [4.69, 9.17) is 0 Å². The molecule has 10 rings (SSSR count). The minimum absolute atomic E-state index is 0. The van der Waals surface area contributed by atoms with Gasteiger partial charge in [0.2, 0.25) is 0 Å². The van der Waals surface area contributed by atoms with Crippen LogP contribution in [0.5, 0.6) is 0 Å². The smallest absolute Gasteiger partial charge is 0.0346 e. The van der Waals surface area contributed by atoms with Crippen LogP contribution in [0.2, 0.25) is 0 Å². The molecule has 0 aromatic heterocycles. The molecule has 0 spiro atoms. The molecule has 366 valence electrons. The molecule has 0 atom stereocenters. The molecule has 0 unspecified atom stereocenters. The van der Waals surface area contributed by atoms with Crippen molar-refractivity contribution in [1.29, 1.82) is 0 Å². The van der Waals surface area contributed by atoms with Gasteiger partial charge in [0.15, 0.2) is 0 Å². The summed E-state index contributed by atoms with van der Waals surface area (Å²) in [5, 5.41) is 22.3. The van der Waals surface area contributed by atoms with Gasteiger partial charge in [0, 0.05) is 56.3 Å². The van der Waals surface area contributed by atoms with Gasteiger partial charge in [0.1, 0.15) is 0 Å². The van der Waals surface area contributed by atoms with Gasteiger partial charge in [-0.15, -0.1) is 74.4 Å². The molecule has 12 heteroatoms. The first-order chi connectivity index (χ1) is 31.2. The fourth-order valence-electron chi connectivity index (χ4n) is 9.88. The van der Waals surface area contributed by atoms with Gasteiger partial charge in [0.25, 0.3) is 0 Å². The molecule has 0 amide bonds. The summed E-state index contributed by atoms with van der Waals surface area (Å²) >= 11 is 0. The average molecular weight is 1050 g/mol. The Kier molecular flexibility index (Phi) is 23.0. The van der Waals surface area contributed by atoms with Gasteiger partial charge in [-0.1, -0.05) is 109 Å². The fourth-order valence-corrected chi connectivity index (χ4v) is 9.88. The normalized spacial score (nSPS) is 11.5. The largest absolute Gasteiger partial charge is 0.385 e. The van der Waals surface area contributed by atoms with Crippen molar-refractivity contribution in [3.05, 3.63) is 196 Å². The standard InChI is InChI=1S/C57H60N6.6ClH/c1-4-13-52-43(10-1)31-46-16-19-49(34-55(46)52)61-25-7-22-58-37-40-28-41(38-59-23-8-26-62-50-20-17-47-32-44-11-2-5-14-53(44)56(47)35-50)30-42(29-40)39-60-24-9-27-63-51-21-18-48-33-45-12-3-6-15-54(45)57(48)36-51;;;;;;/h1-6,10-21,28-30,34-36,58-63H,7-9,22-27,31-33,37-39H2;6*1H. The third-order valence-corrected chi connectivity index (χ3v) is 13.1. The van der Waals surface area contributed by atoms with E-state index in [0.717, 1.165) is 97.4 Å². The topological polar surface area (TPSA) is 72.2 Å². The molecule has 0 fully saturated rings. The molecular weight excluding hydrogens is 981 g/mol. The van der Waals surface area contributed by atoms with Gasteiger partial charge in [0.05, 0.1) is 0 Å². The highest BCUT2D eigenvalue weighted by Crippen LogP contribution is 2.40. The van der Waals surface area contributed by atoms with Crippen molar-refractivity contribution < 1.29 is 0 Å². The summed E-state index contributed by atoms with van der Waals surface area (Å²) in [6.45, 7) is 8.30. The van der Waals surface area contributed by atoms with E-state index in [-0.39, 0.29) is 74.4 Å². The van der Waals surface area contributed by atoms with Crippen LogP contribution in [0.25, 0.3) is 33.4 Å². The van der Waals surface area contributed by atoms with Gasteiger partial charge in [-0.05, 0) is 178 Å². The van der Waals surface area contributed by atoms with Crippen LogP contribution < -0.4 is 31.9 Å². The van der Waals surface area contributed by atoms with Crippen molar-refractivity contribution in [2.24, 2.45) is 0 Å². The van der Waals surface area contributed by atoms with Crippen molar-refractivity contribution >= 4 is 91.5 Å². The van der Waals surface area contributed by atoms with Crippen molar-refractivity contribution in [3.63, 3.8) is 0 Å². The lowest BCUT2D eigenvalue weighted by Gasteiger charge is -2.14. The second-order valence-electron chi connectivity index (χ2n) is 17.6. The molecule has 6 nitrogen and oxygen atoms in total. The molecule has 0 saturated heterocycles. The molecule has 7 aromatic carbocycles. The predicted molar refractivity (Wildman–Crippen MR) is 308 cm³/mol. The summed E-state index contributed by atoms with van der Waals surface area (Å²) in [5.74, 6) is 0. The Balaban J connectivity index is 0.00000173. The molecule has 69 heavy (non-hydrogen) atoms. The quantitative estimate of drug-likeness (QED) is 0.0403. The molecule has 3 aliphatic rings. The molecule has 6 N–H and O–H groups in total. The summed E-state index contributed by atoms with van der Waals surface area (Å²) in [6, 6.07) is 54.1. The van der Waals surface area contributed by atoms with Gasteiger partial charge in [-0.2, -0.15) is 0 Å². The van der Waals surface area contributed by atoms with Crippen LogP contribution in [-0.4, -0.2) is 39.3 Å². The first-order valence-corrected chi connectivity index (χ1v) is 23.3. The van der Waals surface area contributed by atoms with Crippen LogP contribution >= 0.6 is 74.4 Å². The second kappa shape index (κ2) is 27.8. The highest BCUT2D eigenvalue weighted by Gasteiger charge is 2.20. The first kappa shape index (κ1) is 57.1. The number of nitrogens with one attached hydrogen (secondary N) is 6. The van der Waals surface area contributed by atoms with Crippen LogP contribution in [0.15, 0.2) is 146 Å². The molecule has 0 aliphatic heterocycles. The predicted octanol–water partition coefficient (Wildman–Crippen LogP) is 13.7. The third kappa shape index (κ3) is 14.1. The van der Waals surface area contributed by atoms with E-state index in [9.17, 15) is 0 Å². The fraction of sp³-hybridized carbons (Fsp3) is 0.263. The monoisotopic (exact) mass is 1040 g/mol. The number of halogens is 6. The Bertz CT molecular complexity index is 2420. The van der Waals surface area contributed by atoms with Gasteiger partial charge < -0.3 is 31.9 Å². The van der Waals surface area contributed by atoms with Crippen LogP contribution in [-0.2, 0) is 38.9 Å². The van der Waals surface area contributed by atoms with E-state index in [1.807, 2.05) is 0 Å². The van der Waals surface area contributed by atoms with E-state index < -0.39 is 0 Å². The molecular formula is C57H66Cl6N6. The summed E-state index contributed by atoms with van der Waals surface area (Å²) in [5.41, 5.74) is 24.5. The van der Waals surface area contributed by atoms with E-state index in [0.29, 0.717) is 0 Å². The number of benzene rings is 7. The van der Waals surface area contributed by atoms with Crippen molar-refractivity contribution in [3.8, 4) is 33.4 Å². The minimum atomic E-state index is 0. The highest BCUT2D eigenvalue weighted by molar-refractivity contribution is 5.86. The maximum Gasteiger partial charge on any atom is 0.0346 e. The van der Waals surface area contributed by atoms with Crippen LogP contribution in [0.4, 0.5) is 17.1 Å². The molecule has 7 aromatic rings. The Morgan fingerprint density at radius 2 is 0.551 bits per heavy atom. The Morgan fingerprint density at radius 1 is 0.275 bits per heavy atom. The Labute approximate surface area is 446 Å². The molecule has 0 saturated carbocycles. The number of hydrogen-bond acceptors (Lipinski definition) is 6. The zero-order valence-electron chi connectivity index (χ0n) is 38.9. The van der Waals surface area contributed by atoms with E-state index in [1.54, 1.807) is 0 Å². The summed E-state index contributed by atoms with van der Waals surface area (Å²) in [4.78, 5) is 0. The molecule has 3 aliphatic carbocycles. The van der Waals surface area contributed by atoms with E-state index >= 15 is 0 Å². The average Bonchev–Trinajstić information content (AvgIpc) is 4.00. The lowest BCUT2D eigenvalue weighted by Crippen LogP contribution is -2.21. The summed E-state index contributed by atoms with van der Waals surface area (Å²) in [7, 11) is 0. The molecule has 0 bridgehead atoms. The van der Waals surface area contributed by atoms with Crippen LogP contribution in [0.3, 0.4) is 0 Å². The number of anilines is 3. The third-order valence-electron chi connectivity index (χ3n) is 13.1. The zero-order chi connectivity index (χ0) is 42.2. The van der Waals surface area contributed by atoms with Gasteiger partial charge in [-0.3, -0.25) is 0 Å². The van der Waals surface area contributed by atoms with Crippen molar-refractivity contribution in [2.45, 2.75) is 58.2 Å². The van der Waals surface area contributed by atoms with Gasteiger partial charge >= 0.3 is 0 Å². The second-order valence-corrected chi connectivity index (χ2v) is 17.6.